The number of urea groups is 1. The van der Waals surface area contributed by atoms with Crippen molar-refractivity contribution in [2.75, 3.05) is 56.7 Å². The van der Waals surface area contributed by atoms with E-state index in [9.17, 15) is 9.59 Å². The molecule has 3 amide bonds. The number of hydrogen-bond acceptors (Lipinski definition) is 6. The molecule has 1 fully saturated rings. The predicted octanol–water partition coefficient (Wildman–Crippen LogP) is 5.75. The highest BCUT2D eigenvalue weighted by atomic mass is 35.5. The SMILES string of the molecule is COCCN(Cc1nc(C(=O)N2CCN(c3ccccc3Cl)CC2)cs1)C(=O)Nc1ccc(Cl)c(Cl)c1. The van der Waals surface area contributed by atoms with Crippen molar-refractivity contribution in [2.24, 2.45) is 0 Å². The molecule has 2 aromatic carbocycles. The first-order valence-electron chi connectivity index (χ1n) is 11.6. The van der Waals surface area contributed by atoms with Crippen LogP contribution in [0.5, 0.6) is 0 Å². The number of carbonyl (C=O) groups excluding carboxylic acids is 2. The van der Waals surface area contributed by atoms with Crippen molar-refractivity contribution in [1.82, 2.24) is 14.8 Å². The van der Waals surface area contributed by atoms with Crippen LogP contribution in [0.3, 0.4) is 0 Å². The van der Waals surface area contributed by atoms with E-state index in [0.29, 0.717) is 70.8 Å². The maximum Gasteiger partial charge on any atom is 0.322 e. The second kappa shape index (κ2) is 12.8. The number of benzene rings is 2. The van der Waals surface area contributed by atoms with Gasteiger partial charge >= 0.3 is 6.03 Å². The Bertz CT molecular complexity index is 1250. The summed E-state index contributed by atoms with van der Waals surface area (Å²) < 4.78 is 5.17. The highest BCUT2D eigenvalue weighted by molar-refractivity contribution is 7.09. The zero-order valence-electron chi connectivity index (χ0n) is 20.1. The van der Waals surface area contributed by atoms with Crippen LogP contribution < -0.4 is 10.2 Å². The number of methoxy groups -OCH3 is 1. The van der Waals surface area contributed by atoms with Gasteiger partial charge in [0, 0.05) is 50.9 Å². The van der Waals surface area contributed by atoms with Gasteiger partial charge in [0.05, 0.1) is 33.9 Å². The fourth-order valence-corrected chi connectivity index (χ4v) is 5.23. The molecule has 0 bridgehead atoms. The second-order valence-electron chi connectivity index (χ2n) is 8.33. The van der Waals surface area contributed by atoms with E-state index in [1.165, 1.54) is 11.3 Å². The molecular formula is C25H26Cl3N5O3S. The number of piperazine rings is 1. The standard InChI is InChI=1S/C25H26Cl3N5O3S/c1-36-13-12-33(25(35)29-17-6-7-18(26)20(28)14-17)15-23-30-21(16-37-23)24(34)32-10-8-31(9-11-32)22-5-3-2-4-19(22)27/h2-7,14,16H,8-13,15H2,1H3,(H,29,35). The van der Waals surface area contributed by atoms with Crippen LogP contribution >= 0.6 is 46.1 Å². The summed E-state index contributed by atoms with van der Waals surface area (Å²) in [5, 5.41) is 6.66. The van der Waals surface area contributed by atoms with Crippen molar-refractivity contribution in [3.63, 3.8) is 0 Å². The number of halogens is 3. The van der Waals surface area contributed by atoms with E-state index in [1.807, 2.05) is 24.3 Å². The lowest BCUT2D eigenvalue weighted by atomic mass is 10.2. The van der Waals surface area contributed by atoms with Crippen LogP contribution in [-0.2, 0) is 11.3 Å². The van der Waals surface area contributed by atoms with E-state index in [2.05, 4.69) is 15.2 Å². The number of anilines is 2. The van der Waals surface area contributed by atoms with Gasteiger partial charge in [-0.15, -0.1) is 11.3 Å². The number of para-hydroxylation sites is 1. The van der Waals surface area contributed by atoms with Gasteiger partial charge in [-0.1, -0.05) is 46.9 Å². The molecule has 0 aliphatic carbocycles. The molecule has 3 aromatic rings. The average molecular weight is 583 g/mol. The number of nitrogens with one attached hydrogen (secondary N) is 1. The maximum absolute atomic E-state index is 13.1. The van der Waals surface area contributed by atoms with Gasteiger partial charge in [0.15, 0.2) is 0 Å². The zero-order valence-corrected chi connectivity index (χ0v) is 23.2. The lowest BCUT2D eigenvalue weighted by Gasteiger charge is -2.36. The molecule has 37 heavy (non-hydrogen) atoms. The summed E-state index contributed by atoms with van der Waals surface area (Å²) in [6.07, 6.45) is 0. The van der Waals surface area contributed by atoms with Gasteiger partial charge in [-0.2, -0.15) is 0 Å². The number of ether oxygens (including phenoxy) is 1. The Labute approximate surface area is 234 Å². The van der Waals surface area contributed by atoms with Gasteiger partial charge in [0.1, 0.15) is 10.7 Å². The van der Waals surface area contributed by atoms with Gasteiger partial charge in [-0.25, -0.2) is 9.78 Å². The van der Waals surface area contributed by atoms with Crippen LogP contribution in [0.4, 0.5) is 16.2 Å². The van der Waals surface area contributed by atoms with Crippen molar-refractivity contribution >= 4 is 69.5 Å². The van der Waals surface area contributed by atoms with Gasteiger partial charge < -0.3 is 24.8 Å². The van der Waals surface area contributed by atoms with Gasteiger partial charge in [-0.05, 0) is 30.3 Å². The van der Waals surface area contributed by atoms with E-state index < -0.39 is 0 Å². The number of nitrogens with zero attached hydrogens (tertiary/aromatic N) is 4. The molecule has 196 valence electrons. The Balaban J connectivity index is 1.37. The minimum Gasteiger partial charge on any atom is -0.383 e. The van der Waals surface area contributed by atoms with Gasteiger partial charge in [-0.3, -0.25) is 4.79 Å². The Kier molecular flexibility index (Phi) is 9.50. The summed E-state index contributed by atoms with van der Waals surface area (Å²) in [7, 11) is 1.57. The largest absolute Gasteiger partial charge is 0.383 e. The van der Waals surface area contributed by atoms with E-state index in [1.54, 1.807) is 40.5 Å². The maximum atomic E-state index is 13.1. The smallest absolute Gasteiger partial charge is 0.322 e. The number of carbonyl (C=O) groups is 2. The first-order valence-corrected chi connectivity index (χ1v) is 13.6. The van der Waals surface area contributed by atoms with Crippen molar-refractivity contribution in [3.05, 3.63) is 73.6 Å². The minimum atomic E-state index is -0.339. The molecule has 0 unspecified atom stereocenters. The third kappa shape index (κ3) is 7.06. The lowest BCUT2D eigenvalue weighted by Crippen LogP contribution is -2.49. The molecule has 1 saturated heterocycles. The number of thiazole rings is 1. The first-order chi connectivity index (χ1) is 17.9. The molecule has 0 atom stereocenters. The molecule has 12 heteroatoms. The summed E-state index contributed by atoms with van der Waals surface area (Å²) in [5.41, 5.74) is 1.87. The number of aromatic nitrogens is 1. The fraction of sp³-hybridized carbons (Fsp3) is 0.320. The fourth-order valence-electron chi connectivity index (χ4n) is 3.90. The molecule has 0 spiro atoms. The first kappa shape index (κ1) is 27.5. The van der Waals surface area contributed by atoms with Crippen LogP contribution in [0, 0.1) is 0 Å². The summed E-state index contributed by atoms with van der Waals surface area (Å²) >= 11 is 19.7. The molecule has 1 aromatic heterocycles. The Morgan fingerprint density at radius 1 is 1.05 bits per heavy atom. The molecule has 1 aliphatic heterocycles. The summed E-state index contributed by atoms with van der Waals surface area (Å²) in [5.74, 6) is -0.120. The third-order valence-corrected chi connectivity index (χ3v) is 7.77. The van der Waals surface area contributed by atoms with Gasteiger partial charge in [0.2, 0.25) is 0 Å². The van der Waals surface area contributed by atoms with Gasteiger partial charge in [0.25, 0.3) is 5.91 Å². The molecular weight excluding hydrogens is 557 g/mol. The number of amides is 3. The summed E-state index contributed by atoms with van der Waals surface area (Å²) in [6.45, 7) is 3.44. The van der Waals surface area contributed by atoms with Crippen LogP contribution in [0.15, 0.2) is 47.8 Å². The second-order valence-corrected chi connectivity index (χ2v) is 10.5. The molecule has 0 saturated carbocycles. The normalized spacial score (nSPS) is 13.5. The molecule has 1 N–H and O–H groups in total. The number of rotatable bonds is 8. The van der Waals surface area contributed by atoms with E-state index in [-0.39, 0.29) is 18.5 Å². The van der Waals surface area contributed by atoms with E-state index in [4.69, 9.17) is 39.5 Å². The molecule has 0 radical (unpaired) electrons. The Hall–Kier alpha value is -2.56. The summed E-state index contributed by atoms with van der Waals surface area (Å²) in [4.78, 5) is 36.1. The quantitative estimate of drug-likeness (QED) is 0.366. The Morgan fingerprint density at radius 3 is 2.51 bits per heavy atom. The Morgan fingerprint density at radius 2 is 1.81 bits per heavy atom. The zero-order chi connectivity index (χ0) is 26.4. The molecule has 2 heterocycles. The van der Waals surface area contributed by atoms with Crippen LogP contribution in [-0.4, -0.2) is 73.2 Å². The lowest BCUT2D eigenvalue weighted by molar-refractivity contribution is 0.0741. The summed E-state index contributed by atoms with van der Waals surface area (Å²) in [6, 6.07) is 12.2. The highest BCUT2D eigenvalue weighted by Gasteiger charge is 2.25. The average Bonchev–Trinajstić information content (AvgIpc) is 3.37. The molecule has 4 rings (SSSR count). The topological polar surface area (TPSA) is 78.0 Å². The van der Waals surface area contributed by atoms with Crippen molar-refractivity contribution < 1.29 is 14.3 Å². The monoisotopic (exact) mass is 581 g/mol. The minimum absolute atomic E-state index is 0.120. The van der Waals surface area contributed by atoms with Crippen molar-refractivity contribution in [1.29, 1.82) is 0 Å². The third-order valence-electron chi connectivity index (χ3n) is 5.88. The van der Waals surface area contributed by atoms with Crippen molar-refractivity contribution in [3.8, 4) is 0 Å². The molecule has 8 nitrogen and oxygen atoms in total. The van der Waals surface area contributed by atoms with Crippen LogP contribution in [0.1, 0.15) is 15.5 Å². The molecule has 1 aliphatic rings. The van der Waals surface area contributed by atoms with Crippen LogP contribution in [0.2, 0.25) is 15.1 Å². The highest BCUT2D eigenvalue weighted by Crippen LogP contribution is 2.27. The number of hydrogen-bond donors (Lipinski definition) is 1. The van der Waals surface area contributed by atoms with E-state index >= 15 is 0 Å². The van der Waals surface area contributed by atoms with Crippen LogP contribution in [0.25, 0.3) is 0 Å². The van der Waals surface area contributed by atoms with E-state index in [0.717, 1.165) is 5.69 Å². The van der Waals surface area contributed by atoms with Crippen molar-refractivity contribution in [2.45, 2.75) is 6.54 Å². The predicted molar refractivity (Wildman–Crippen MR) is 149 cm³/mol.